The van der Waals surface area contributed by atoms with Gasteiger partial charge in [0.15, 0.2) is 0 Å². The predicted molar refractivity (Wildman–Crippen MR) is 82.6 cm³/mol. The van der Waals surface area contributed by atoms with Crippen LogP contribution < -0.4 is 10.5 Å². The van der Waals surface area contributed by atoms with Crippen LogP contribution in [0.3, 0.4) is 0 Å². The zero-order chi connectivity index (χ0) is 15.6. The number of nitrogen functional groups attached to an aromatic ring is 1. The smallest absolute Gasteiger partial charge is 0.263 e. The van der Waals surface area contributed by atoms with Gasteiger partial charge < -0.3 is 5.73 Å². The van der Waals surface area contributed by atoms with E-state index < -0.39 is 10.0 Å². The first-order valence-electron chi connectivity index (χ1n) is 5.92. The van der Waals surface area contributed by atoms with Crippen LogP contribution in [0.1, 0.15) is 11.1 Å². The van der Waals surface area contributed by atoms with Gasteiger partial charge in [0.05, 0.1) is 22.0 Å². The maximum absolute atomic E-state index is 12.3. The Bertz CT molecular complexity index is 842. The SMILES string of the molecule is Cc1ccc(S(=O)(=O)Nc2ccc(C#N)c(Cl)c2)c(N)c1. The van der Waals surface area contributed by atoms with E-state index in [1.807, 2.05) is 13.0 Å². The molecule has 0 atom stereocenters. The number of anilines is 2. The standard InChI is InChI=1S/C14H12ClN3O2S/c1-9-2-5-14(13(17)6-9)21(19,20)18-11-4-3-10(8-16)12(15)7-11/h2-7,18H,17H2,1H3. The first-order chi connectivity index (χ1) is 9.83. The summed E-state index contributed by atoms with van der Waals surface area (Å²) in [7, 11) is -3.81. The van der Waals surface area contributed by atoms with Crippen LogP contribution in [0.25, 0.3) is 0 Å². The molecule has 7 heteroatoms. The minimum Gasteiger partial charge on any atom is -0.398 e. The van der Waals surface area contributed by atoms with Crippen molar-refractivity contribution in [3.8, 4) is 6.07 Å². The summed E-state index contributed by atoms with van der Waals surface area (Å²) in [5.74, 6) is 0. The van der Waals surface area contributed by atoms with Crippen molar-refractivity contribution in [2.75, 3.05) is 10.5 Å². The number of nitriles is 1. The Kier molecular flexibility index (Phi) is 4.07. The van der Waals surface area contributed by atoms with Crippen molar-refractivity contribution in [3.05, 3.63) is 52.5 Å². The molecule has 0 bridgehead atoms. The lowest BCUT2D eigenvalue weighted by Crippen LogP contribution is -2.15. The van der Waals surface area contributed by atoms with Gasteiger partial charge in [0.1, 0.15) is 11.0 Å². The fourth-order valence-electron chi connectivity index (χ4n) is 1.79. The van der Waals surface area contributed by atoms with Crippen molar-refractivity contribution in [1.82, 2.24) is 0 Å². The van der Waals surface area contributed by atoms with Gasteiger partial charge in [0.2, 0.25) is 0 Å². The number of nitrogens with zero attached hydrogens (tertiary/aromatic N) is 1. The third-order valence-corrected chi connectivity index (χ3v) is 4.56. The van der Waals surface area contributed by atoms with Gasteiger partial charge in [-0.15, -0.1) is 0 Å². The second kappa shape index (κ2) is 5.64. The Morgan fingerprint density at radius 3 is 2.52 bits per heavy atom. The summed E-state index contributed by atoms with van der Waals surface area (Å²) in [5.41, 5.74) is 7.32. The van der Waals surface area contributed by atoms with E-state index in [1.54, 1.807) is 12.1 Å². The van der Waals surface area contributed by atoms with Gasteiger partial charge in [-0.1, -0.05) is 17.7 Å². The summed E-state index contributed by atoms with van der Waals surface area (Å²) in [5, 5.41) is 8.97. The summed E-state index contributed by atoms with van der Waals surface area (Å²) < 4.78 is 27.0. The van der Waals surface area contributed by atoms with Gasteiger partial charge in [-0.05, 0) is 42.8 Å². The van der Waals surface area contributed by atoms with Crippen molar-refractivity contribution in [1.29, 1.82) is 5.26 Å². The molecule has 0 spiro atoms. The Morgan fingerprint density at radius 1 is 1.24 bits per heavy atom. The van der Waals surface area contributed by atoms with Gasteiger partial charge in [-0.3, -0.25) is 4.72 Å². The summed E-state index contributed by atoms with van der Waals surface area (Å²) in [6.45, 7) is 1.82. The highest BCUT2D eigenvalue weighted by molar-refractivity contribution is 7.92. The minimum absolute atomic E-state index is 0.00594. The summed E-state index contributed by atoms with van der Waals surface area (Å²) in [6.07, 6.45) is 0. The van der Waals surface area contributed by atoms with Gasteiger partial charge in [0, 0.05) is 0 Å². The molecule has 0 aliphatic rings. The lowest BCUT2D eigenvalue weighted by atomic mass is 10.2. The molecule has 0 saturated heterocycles. The van der Waals surface area contributed by atoms with Crippen LogP contribution in [0, 0.1) is 18.3 Å². The maximum Gasteiger partial charge on any atom is 0.263 e. The number of hydrogen-bond donors (Lipinski definition) is 2. The van der Waals surface area contributed by atoms with E-state index in [4.69, 9.17) is 22.6 Å². The molecule has 2 aromatic rings. The Balaban J connectivity index is 2.38. The average Bonchev–Trinajstić information content (AvgIpc) is 2.37. The topological polar surface area (TPSA) is 96.0 Å². The first-order valence-corrected chi connectivity index (χ1v) is 7.78. The molecule has 0 heterocycles. The highest BCUT2D eigenvalue weighted by atomic mass is 35.5. The van der Waals surface area contributed by atoms with Gasteiger partial charge in [0.25, 0.3) is 10.0 Å². The molecular formula is C14H12ClN3O2S. The number of halogens is 1. The van der Waals surface area contributed by atoms with Crippen LogP contribution in [-0.2, 0) is 10.0 Å². The predicted octanol–water partition coefficient (Wildman–Crippen LogP) is 2.90. The molecule has 0 aromatic heterocycles. The number of nitrogens with two attached hydrogens (primary N) is 1. The molecule has 21 heavy (non-hydrogen) atoms. The normalized spacial score (nSPS) is 10.9. The lowest BCUT2D eigenvalue weighted by Gasteiger charge is -2.11. The third-order valence-electron chi connectivity index (χ3n) is 2.80. The van der Waals surface area contributed by atoms with Gasteiger partial charge in [-0.25, -0.2) is 8.42 Å². The minimum atomic E-state index is -3.81. The van der Waals surface area contributed by atoms with E-state index in [1.165, 1.54) is 24.3 Å². The molecule has 3 N–H and O–H groups in total. The molecule has 0 fully saturated rings. The second-order valence-electron chi connectivity index (χ2n) is 4.45. The van der Waals surface area contributed by atoms with Crippen LogP contribution in [0.5, 0.6) is 0 Å². The number of benzene rings is 2. The molecule has 5 nitrogen and oxygen atoms in total. The van der Waals surface area contributed by atoms with Crippen LogP contribution in [0.4, 0.5) is 11.4 Å². The van der Waals surface area contributed by atoms with Crippen molar-refractivity contribution in [2.45, 2.75) is 11.8 Å². The highest BCUT2D eigenvalue weighted by Gasteiger charge is 2.18. The molecule has 0 radical (unpaired) electrons. The van der Waals surface area contributed by atoms with E-state index in [2.05, 4.69) is 4.72 Å². The highest BCUT2D eigenvalue weighted by Crippen LogP contribution is 2.25. The van der Waals surface area contributed by atoms with Crippen molar-refractivity contribution in [3.63, 3.8) is 0 Å². The van der Waals surface area contributed by atoms with E-state index in [-0.39, 0.29) is 26.9 Å². The molecule has 2 aromatic carbocycles. The molecule has 0 saturated carbocycles. The molecule has 108 valence electrons. The average molecular weight is 322 g/mol. The van der Waals surface area contributed by atoms with E-state index in [0.29, 0.717) is 0 Å². The lowest BCUT2D eigenvalue weighted by molar-refractivity contribution is 0.601. The van der Waals surface area contributed by atoms with Gasteiger partial charge >= 0.3 is 0 Å². The molecule has 0 aliphatic carbocycles. The largest absolute Gasteiger partial charge is 0.398 e. The number of sulfonamides is 1. The second-order valence-corrected chi connectivity index (χ2v) is 6.51. The number of rotatable bonds is 3. The molecular weight excluding hydrogens is 310 g/mol. The van der Waals surface area contributed by atoms with Crippen molar-refractivity contribution >= 4 is 33.0 Å². The summed E-state index contributed by atoms with van der Waals surface area (Å²) in [6, 6.07) is 10.9. The van der Waals surface area contributed by atoms with Crippen LogP contribution in [0.2, 0.25) is 5.02 Å². The van der Waals surface area contributed by atoms with Crippen molar-refractivity contribution in [2.24, 2.45) is 0 Å². The van der Waals surface area contributed by atoms with E-state index >= 15 is 0 Å². The summed E-state index contributed by atoms with van der Waals surface area (Å²) >= 11 is 5.87. The summed E-state index contributed by atoms with van der Waals surface area (Å²) in [4.78, 5) is -0.00594. The number of aryl methyl sites for hydroxylation is 1. The zero-order valence-corrected chi connectivity index (χ0v) is 12.7. The van der Waals surface area contributed by atoms with Crippen LogP contribution in [-0.4, -0.2) is 8.42 Å². The van der Waals surface area contributed by atoms with Gasteiger partial charge in [-0.2, -0.15) is 5.26 Å². The Hall–Kier alpha value is -2.23. The fourth-order valence-corrected chi connectivity index (χ4v) is 3.18. The molecule has 2 rings (SSSR count). The monoisotopic (exact) mass is 321 g/mol. The van der Waals surface area contributed by atoms with E-state index in [9.17, 15) is 8.42 Å². The fraction of sp³-hybridized carbons (Fsp3) is 0.0714. The molecule has 0 amide bonds. The maximum atomic E-state index is 12.3. The van der Waals surface area contributed by atoms with Crippen LogP contribution in [0.15, 0.2) is 41.3 Å². The number of hydrogen-bond acceptors (Lipinski definition) is 4. The molecule has 0 unspecified atom stereocenters. The Morgan fingerprint density at radius 2 is 1.95 bits per heavy atom. The zero-order valence-electron chi connectivity index (χ0n) is 11.1. The first kappa shape index (κ1) is 15.2. The Labute approximate surface area is 128 Å². The van der Waals surface area contributed by atoms with E-state index in [0.717, 1.165) is 5.56 Å². The van der Waals surface area contributed by atoms with Crippen molar-refractivity contribution < 1.29 is 8.42 Å². The molecule has 0 aliphatic heterocycles. The quantitative estimate of drug-likeness (QED) is 0.849. The number of nitrogens with one attached hydrogen (secondary N) is 1. The third kappa shape index (κ3) is 3.27. The van der Waals surface area contributed by atoms with Crippen LogP contribution >= 0.6 is 11.6 Å².